The molecule has 0 saturated heterocycles. The average molecular weight is 245 g/mol. The summed E-state index contributed by atoms with van der Waals surface area (Å²) in [6.45, 7) is 2.23. The van der Waals surface area contributed by atoms with Crippen molar-refractivity contribution in [3.8, 4) is 0 Å². The van der Waals surface area contributed by atoms with E-state index in [1.54, 1.807) is 0 Å². The largest absolute Gasteiger partial charge is 0.0642 e. The normalized spacial score (nSPS) is 11.1. The van der Waals surface area contributed by atoms with E-state index >= 15 is 0 Å². The van der Waals surface area contributed by atoms with Gasteiger partial charge in [-0.25, -0.2) is 0 Å². The molecule has 0 heteroatoms. The Balaban J connectivity index is 2.17. The summed E-state index contributed by atoms with van der Waals surface area (Å²) in [6, 6.07) is 25.8. The van der Waals surface area contributed by atoms with Crippen LogP contribution in [0.25, 0.3) is 10.8 Å². The van der Waals surface area contributed by atoms with Gasteiger partial charge in [-0.1, -0.05) is 79.7 Å². The van der Waals surface area contributed by atoms with Gasteiger partial charge in [0, 0.05) is 5.92 Å². The van der Waals surface area contributed by atoms with Gasteiger partial charge in [-0.2, -0.15) is 0 Å². The molecule has 0 spiro atoms. The van der Waals surface area contributed by atoms with Crippen molar-refractivity contribution in [1.29, 1.82) is 0 Å². The van der Waals surface area contributed by atoms with Crippen molar-refractivity contribution in [2.24, 2.45) is 0 Å². The number of benzene rings is 3. The van der Waals surface area contributed by atoms with E-state index in [2.05, 4.69) is 79.7 Å². The number of rotatable bonds is 3. The van der Waals surface area contributed by atoms with Crippen LogP contribution in [0.5, 0.6) is 0 Å². The predicted molar refractivity (Wildman–Crippen MR) is 82.1 cm³/mol. The molecular formula is C19H17. The van der Waals surface area contributed by atoms with Gasteiger partial charge in [0.15, 0.2) is 0 Å². The molecule has 0 saturated carbocycles. The van der Waals surface area contributed by atoms with Crippen LogP contribution in [0.2, 0.25) is 0 Å². The number of fused-ring (bicyclic) bond motifs is 1. The van der Waals surface area contributed by atoms with E-state index < -0.39 is 0 Å². The lowest BCUT2D eigenvalue weighted by atomic mass is 9.86. The number of hydrogen-bond acceptors (Lipinski definition) is 0. The minimum atomic E-state index is 1.04. The van der Waals surface area contributed by atoms with Gasteiger partial charge in [-0.05, 0) is 28.3 Å². The van der Waals surface area contributed by atoms with Gasteiger partial charge in [0.25, 0.3) is 0 Å². The van der Waals surface area contributed by atoms with Crippen LogP contribution in [0.1, 0.15) is 24.5 Å². The minimum absolute atomic E-state index is 1.04. The molecule has 0 unspecified atom stereocenters. The Morgan fingerprint density at radius 1 is 0.737 bits per heavy atom. The molecular weight excluding hydrogens is 228 g/mol. The average Bonchev–Trinajstić information content (AvgIpc) is 2.49. The van der Waals surface area contributed by atoms with Crippen LogP contribution in [-0.4, -0.2) is 0 Å². The summed E-state index contributed by atoms with van der Waals surface area (Å²) < 4.78 is 0. The number of hydrogen-bond donors (Lipinski definition) is 0. The first-order valence-electron chi connectivity index (χ1n) is 6.79. The Hall–Kier alpha value is -2.08. The molecule has 93 valence electrons. The highest BCUT2D eigenvalue weighted by Crippen LogP contribution is 2.31. The molecule has 0 aliphatic carbocycles. The van der Waals surface area contributed by atoms with Gasteiger partial charge in [0.2, 0.25) is 0 Å². The summed E-state index contributed by atoms with van der Waals surface area (Å²) in [6.07, 6.45) is 1.04. The van der Waals surface area contributed by atoms with Crippen LogP contribution >= 0.6 is 0 Å². The van der Waals surface area contributed by atoms with Crippen LogP contribution in [-0.2, 0) is 0 Å². The smallest absolute Gasteiger partial charge is 0.0343 e. The first-order chi connectivity index (χ1) is 9.40. The molecule has 0 N–H and O–H groups in total. The maximum absolute atomic E-state index is 2.23. The second-order valence-electron chi connectivity index (χ2n) is 4.72. The Bertz CT molecular complexity index is 662. The fourth-order valence-electron chi connectivity index (χ4n) is 2.68. The summed E-state index contributed by atoms with van der Waals surface area (Å²) in [5.41, 5.74) is 2.67. The Labute approximate surface area is 114 Å². The zero-order valence-electron chi connectivity index (χ0n) is 11.1. The van der Waals surface area contributed by atoms with Crippen LogP contribution in [0.4, 0.5) is 0 Å². The fraction of sp³-hybridized carbons (Fsp3) is 0.105. The Morgan fingerprint density at radius 2 is 1.42 bits per heavy atom. The minimum Gasteiger partial charge on any atom is -0.0642 e. The molecule has 0 aliphatic heterocycles. The van der Waals surface area contributed by atoms with Crippen molar-refractivity contribution in [3.05, 3.63) is 89.8 Å². The quantitative estimate of drug-likeness (QED) is 0.593. The zero-order valence-corrected chi connectivity index (χ0v) is 11.1. The standard InChI is InChI=1S/C19H17/c1-2-17(15-9-4-3-5-10-15)19-14-8-12-16-11-6-7-13-18(16)19/h3-14H,2H2,1H3. The molecule has 3 rings (SSSR count). The highest BCUT2D eigenvalue weighted by atomic mass is 14.2. The monoisotopic (exact) mass is 245 g/mol. The Morgan fingerprint density at radius 3 is 2.21 bits per heavy atom. The third kappa shape index (κ3) is 2.26. The molecule has 0 heterocycles. The van der Waals surface area contributed by atoms with E-state index in [0.29, 0.717) is 0 Å². The first kappa shape index (κ1) is 12.0. The maximum Gasteiger partial charge on any atom is 0.0343 e. The zero-order chi connectivity index (χ0) is 13.1. The van der Waals surface area contributed by atoms with E-state index in [1.165, 1.54) is 27.8 Å². The molecule has 0 fully saturated rings. The Kier molecular flexibility index (Phi) is 3.33. The van der Waals surface area contributed by atoms with Gasteiger partial charge in [0.1, 0.15) is 0 Å². The van der Waals surface area contributed by atoms with E-state index in [1.807, 2.05) is 0 Å². The summed E-state index contributed by atoms with van der Waals surface area (Å²) >= 11 is 0. The van der Waals surface area contributed by atoms with E-state index in [4.69, 9.17) is 0 Å². The molecule has 19 heavy (non-hydrogen) atoms. The molecule has 3 aromatic rings. The van der Waals surface area contributed by atoms with Gasteiger partial charge in [0.05, 0.1) is 0 Å². The van der Waals surface area contributed by atoms with Gasteiger partial charge < -0.3 is 0 Å². The molecule has 0 amide bonds. The lowest BCUT2D eigenvalue weighted by molar-refractivity contribution is 0.997. The molecule has 0 nitrogen and oxygen atoms in total. The third-order valence-corrected chi connectivity index (χ3v) is 3.59. The second kappa shape index (κ2) is 5.27. The molecule has 3 aromatic carbocycles. The maximum atomic E-state index is 2.23. The highest BCUT2D eigenvalue weighted by Gasteiger charge is 2.14. The van der Waals surface area contributed by atoms with Crippen LogP contribution in [0.15, 0.2) is 72.8 Å². The molecule has 1 radical (unpaired) electrons. The van der Waals surface area contributed by atoms with E-state index in [0.717, 1.165) is 6.42 Å². The van der Waals surface area contributed by atoms with Gasteiger partial charge in [-0.3, -0.25) is 0 Å². The lowest BCUT2D eigenvalue weighted by Gasteiger charge is -2.17. The SMILES string of the molecule is CC[C](c1ccccc1)c1cccc2ccccc12. The van der Waals surface area contributed by atoms with E-state index in [-0.39, 0.29) is 0 Å². The molecule has 0 bridgehead atoms. The van der Waals surface area contributed by atoms with Crippen LogP contribution in [0, 0.1) is 5.92 Å². The van der Waals surface area contributed by atoms with Crippen molar-refractivity contribution in [2.75, 3.05) is 0 Å². The topological polar surface area (TPSA) is 0 Å². The predicted octanol–water partition coefficient (Wildman–Crippen LogP) is 5.22. The summed E-state index contributed by atoms with van der Waals surface area (Å²) in [5, 5.41) is 2.65. The van der Waals surface area contributed by atoms with Crippen molar-refractivity contribution in [2.45, 2.75) is 13.3 Å². The summed E-state index contributed by atoms with van der Waals surface area (Å²) in [7, 11) is 0. The summed E-state index contributed by atoms with van der Waals surface area (Å²) in [4.78, 5) is 0. The fourth-order valence-corrected chi connectivity index (χ4v) is 2.68. The summed E-state index contributed by atoms with van der Waals surface area (Å²) in [5.74, 6) is 1.41. The van der Waals surface area contributed by atoms with Crippen LogP contribution in [0.3, 0.4) is 0 Å². The lowest BCUT2D eigenvalue weighted by Crippen LogP contribution is -2.01. The van der Waals surface area contributed by atoms with Gasteiger partial charge >= 0.3 is 0 Å². The second-order valence-corrected chi connectivity index (χ2v) is 4.72. The van der Waals surface area contributed by atoms with E-state index in [9.17, 15) is 0 Å². The van der Waals surface area contributed by atoms with Crippen LogP contribution < -0.4 is 0 Å². The molecule has 0 aliphatic rings. The molecule has 0 atom stereocenters. The highest BCUT2D eigenvalue weighted by molar-refractivity contribution is 5.88. The van der Waals surface area contributed by atoms with Gasteiger partial charge in [-0.15, -0.1) is 0 Å². The van der Waals surface area contributed by atoms with Crippen molar-refractivity contribution in [3.63, 3.8) is 0 Å². The van der Waals surface area contributed by atoms with Crippen molar-refractivity contribution >= 4 is 10.8 Å². The molecule has 0 aromatic heterocycles. The van der Waals surface area contributed by atoms with Crippen molar-refractivity contribution in [1.82, 2.24) is 0 Å². The van der Waals surface area contributed by atoms with Crippen molar-refractivity contribution < 1.29 is 0 Å². The third-order valence-electron chi connectivity index (χ3n) is 3.59. The first-order valence-corrected chi connectivity index (χ1v) is 6.79.